The Balaban J connectivity index is 2.66. The van der Waals surface area contributed by atoms with Gasteiger partial charge in [0.15, 0.2) is 0 Å². The second-order valence-corrected chi connectivity index (χ2v) is 6.31. The highest BCUT2D eigenvalue weighted by Gasteiger charge is 2.09. The highest BCUT2D eigenvalue weighted by Crippen LogP contribution is 2.21. The van der Waals surface area contributed by atoms with Gasteiger partial charge in [-0.25, -0.2) is 4.98 Å². The van der Waals surface area contributed by atoms with E-state index in [1.54, 1.807) is 0 Å². The van der Waals surface area contributed by atoms with Crippen LogP contribution in [0.2, 0.25) is 0 Å². The van der Waals surface area contributed by atoms with Crippen LogP contribution in [0.3, 0.4) is 0 Å². The predicted molar refractivity (Wildman–Crippen MR) is 90.4 cm³/mol. The maximum Gasteiger partial charge on any atom is 0.132 e. The normalized spacial score (nSPS) is 11.1. The smallest absolute Gasteiger partial charge is 0.132 e. The molecule has 1 aromatic heterocycles. The number of hydrogen-bond acceptors (Lipinski definition) is 4. The number of hydrogen-bond donors (Lipinski definition) is 1. The van der Waals surface area contributed by atoms with E-state index in [0.29, 0.717) is 0 Å². The van der Waals surface area contributed by atoms with E-state index in [0.717, 1.165) is 49.3 Å². The molecule has 4 nitrogen and oxygen atoms in total. The van der Waals surface area contributed by atoms with Gasteiger partial charge in [-0.2, -0.15) is 0 Å². The summed E-state index contributed by atoms with van der Waals surface area (Å²) in [5.74, 6) is 1.08. The van der Waals surface area contributed by atoms with Gasteiger partial charge in [0.05, 0.1) is 0 Å². The van der Waals surface area contributed by atoms with E-state index in [1.165, 1.54) is 5.56 Å². The zero-order valence-corrected chi connectivity index (χ0v) is 14.7. The first-order chi connectivity index (χ1) is 9.54. The summed E-state index contributed by atoms with van der Waals surface area (Å²) in [7, 11) is 6.34. The minimum absolute atomic E-state index is 0.869. The van der Waals surface area contributed by atoms with Gasteiger partial charge in [-0.1, -0.05) is 6.92 Å². The minimum atomic E-state index is 0.869. The van der Waals surface area contributed by atoms with Gasteiger partial charge in [0, 0.05) is 36.4 Å². The predicted octanol–water partition coefficient (Wildman–Crippen LogP) is 2.73. The van der Waals surface area contributed by atoms with Crippen molar-refractivity contribution in [3.8, 4) is 0 Å². The largest absolute Gasteiger partial charge is 0.359 e. The Morgan fingerprint density at radius 2 is 2.00 bits per heavy atom. The van der Waals surface area contributed by atoms with Gasteiger partial charge >= 0.3 is 0 Å². The van der Waals surface area contributed by atoms with Crippen molar-refractivity contribution < 1.29 is 0 Å². The fourth-order valence-corrected chi connectivity index (χ4v) is 2.46. The SMILES string of the molecule is CCCNCc1cc(Br)cnc1N(C)CCCN(C)C. The highest BCUT2D eigenvalue weighted by molar-refractivity contribution is 9.10. The lowest BCUT2D eigenvalue weighted by molar-refractivity contribution is 0.401. The van der Waals surface area contributed by atoms with Crippen LogP contribution in [0.5, 0.6) is 0 Å². The van der Waals surface area contributed by atoms with Crippen molar-refractivity contribution in [2.45, 2.75) is 26.3 Å². The van der Waals surface area contributed by atoms with Crippen LogP contribution in [0.4, 0.5) is 5.82 Å². The molecule has 114 valence electrons. The van der Waals surface area contributed by atoms with E-state index in [2.05, 4.69) is 70.2 Å². The van der Waals surface area contributed by atoms with Crippen LogP contribution in [-0.4, -0.2) is 50.7 Å². The number of nitrogens with one attached hydrogen (secondary N) is 1. The molecule has 0 aliphatic rings. The number of nitrogens with zero attached hydrogens (tertiary/aromatic N) is 3. The molecular formula is C15H27BrN4. The summed E-state index contributed by atoms with van der Waals surface area (Å²) >= 11 is 3.51. The number of pyridine rings is 1. The number of halogens is 1. The molecule has 1 aromatic rings. The average molecular weight is 343 g/mol. The molecular weight excluding hydrogens is 316 g/mol. The average Bonchev–Trinajstić information content (AvgIpc) is 2.38. The monoisotopic (exact) mass is 342 g/mol. The van der Waals surface area contributed by atoms with E-state index in [4.69, 9.17) is 0 Å². The Bertz CT molecular complexity index is 395. The van der Waals surface area contributed by atoms with Crippen molar-refractivity contribution in [1.29, 1.82) is 0 Å². The van der Waals surface area contributed by atoms with Crippen molar-refractivity contribution >= 4 is 21.7 Å². The van der Waals surface area contributed by atoms with Crippen molar-refractivity contribution in [3.05, 3.63) is 22.3 Å². The van der Waals surface area contributed by atoms with E-state index >= 15 is 0 Å². The first-order valence-corrected chi connectivity index (χ1v) is 8.05. The third-order valence-electron chi connectivity index (χ3n) is 3.11. The van der Waals surface area contributed by atoms with Gasteiger partial charge in [0.2, 0.25) is 0 Å². The van der Waals surface area contributed by atoms with Crippen LogP contribution in [0.25, 0.3) is 0 Å². The van der Waals surface area contributed by atoms with Gasteiger partial charge in [-0.15, -0.1) is 0 Å². The highest BCUT2D eigenvalue weighted by atomic mass is 79.9. The Kier molecular flexibility index (Phi) is 8.11. The maximum atomic E-state index is 4.58. The molecule has 0 aliphatic carbocycles. The molecule has 0 bridgehead atoms. The quantitative estimate of drug-likeness (QED) is 0.699. The summed E-state index contributed by atoms with van der Waals surface area (Å²) in [6.07, 6.45) is 4.17. The van der Waals surface area contributed by atoms with Gasteiger partial charge in [-0.3, -0.25) is 0 Å². The molecule has 1 heterocycles. The summed E-state index contributed by atoms with van der Waals surface area (Å²) in [5, 5.41) is 3.45. The lowest BCUT2D eigenvalue weighted by Crippen LogP contribution is -2.26. The molecule has 0 saturated carbocycles. The summed E-state index contributed by atoms with van der Waals surface area (Å²) in [5.41, 5.74) is 1.25. The standard InChI is InChI=1S/C15H27BrN4/c1-5-7-17-11-13-10-14(16)12-18-15(13)20(4)9-6-8-19(2)3/h10,12,17H,5-9,11H2,1-4H3. The molecule has 0 unspecified atom stereocenters. The van der Waals surface area contributed by atoms with Crippen LogP contribution in [-0.2, 0) is 6.54 Å². The van der Waals surface area contributed by atoms with Crippen molar-refractivity contribution in [3.63, 3.8) is 0 Å². The lowest BCUT2D eigenvalue weighted by atomic mass is 10.2. The summed E-state index contributed by atoms with van der Waals surface area (Å²) in [6, 6.07) is 2.16. The minimum Gasteiger partial charge on any atom is -0.359 e. The Morgan fingerprint density at radius 3 is 2.65 bits per heavy atom. The molecule has 0 aromatic carbocycles. The molecule has 0 radical (unpaired) electrons. The molecule has 0 atom stereocenters. The van der Waals surface area contributed by atoms with Gasteiger partial charge in [0.1, 0.15) is 5.82 Å². The molecule has 0 saturated heterocycles. The van der Waals surface area contributed by atoms with E-state index in [-0.39, 0.29) is 0 Å². The van der Waals surface area contributed by atoms with Crippen LogP contribution in [0.15, 0.2) is 16.7 Å². The van der Waals surface area contributed by atoms with Crippen LogP contribution >= 0.6 is 15.9 Å². The summed E-state index contributed by atoms with van der Waals surface area (Å²) in [6.45, 7) is 6.21. The third kappa shape index (κ3) is 6.20. The lowest BCUT2D eigenvalue weighted by Gasteiger charge is -2.22. The second-order valence-electron chi connectivity index (χ2n) is 5.39. The maximum absolute atomic E-state index is 4.58. The molecule has 0 fully saturated rings. The third-order valence-corrected chi connectivity index (χ3v) is 3.55. The first-order valence-electron chi connectivity index (χ1n) is 7.25. The topological polar surface area (TPSA) is 31.4 Å². The van der Waals surface area contributed by atoms with E-state index in [9.17, 15) is 0 Å². The van der Waals surface area contributed by atoms with Crippen LogP contribution < -0.4 is 10.2 Å². The van der Waals surface area contributed by atoms with Crippen molar-refractivity contribution in [2.75, 3.05) is 45.7 Å². The first kappa shape index (κ1) is 17.4. The molecule has 0 aliphatic heterocycles. The van der Waals surface area contributed by atoms with Gasteiger partial charge < -0.3 is 15.1 Å². The van der Waals surface area contributed by atoms with E-state index < -0.39 is 0 Å². The van der Waals surface area contributed by atoms with Gasteiger partial charge in [-0.05, 0) is 62.0 Å². The molecule has 20 heavy (non-hydrogen) atoms. The molecule has 1 N–H and O–H groups in total. The Labute approximate surface area is 131 Å². The fourth-order valence-electron chi connectivity index (χ4n) is 2.08. The zero-order valence-electron chi connectivity index (χ0n) is 13.1. The Morgan fingerprint density at radius 1 is 1.25 bits per heavy atom. The molecule has 0 amide bonds. The van der Waals surface area contributed by atoms with Crippen molar-refractivity contribution in [1.82, 2.24) is 15.2 Å². The Hall–Kier alpha value is -0.650. The van der Waals surface area contributed by atoms with Crippen LogP contribution in [0, 0.1) is 0 Å². The molecule has 1 rings (SSSR count). The van der Waals surface area contributed by atoms with Gasteiger partial charge in [0.25, 0.3) is 0 Å². The van der Waals surface area contributed by atoms with Crippen molar-refractivity contribution in [2.24, 2.45) is 0 Å². The fraction of sp³-hybridized carbons (Fsp3) is 0.667. The number of rotatable bonds is 9. The molecule has 5 heteroatoms. The number of aromatic nitrogens is 1. The summed E-state index contributed by atoms with van der Waals surface area (Å²) in [4.78, 5) is 9.04. The van der Waals surface area contributed by atoms with E-state index in [1.807, 2.05) is 6.20 Å². The number of anilines is 1. The second kappa shape index (κ2) is 9.32. The summed E-state index contributed by atoms with van der Waals surface area (Å²) < 4.78 is 1.04. The molecule has 0 spiro atoms. The van der Waals surface area contributed by atoms with Crippen LogP contribution in [0.1, 0.15) is 25.3 Å². The zero-order chi connectivity index (χ0) is 15.0.